The summed E-state index contributed by atoms with van der Waals surface area (Å²) >= 11 is 0. The van der Waals surface area contributed by atoms with Crippen LogP contribution in [0.1, 0.15) is 48.7 Å². The fraction of sp³-hybridized carbons (Fsp3) is 0.467. The molecule has 0 unspecified atom stereocenters. The molecule has 1 heterocycles. The monoisotopic (exact) mass is 323 g/mol. The van der Waals surface area contributed by atoms with E-state index >= 15 is 0 Å². The molecule has 0 fully saturated rings. The fourth-order valence-corrected chi connectivity index (χ4v) is 4.68. The van der Waals surface area contributed by atoms with Crippen molar-refractivity contribution in [3.8, 4) is 0 Å². The highest BCUT2D eigenvalue weighted by atomic mass is 32.2. The maximum Gasteiger partial charge on any atom is 0.280 e. The van der Waals surface area contributed by atoms with Gasteiger partial charge in [-0.3, -0.25) is 4.79 Å². The summed E-state index contributed by atoms with van der Waals surface area (Å²) < 4.78 is 24.7. The molecule has 6 nitrogen and oxygen atoms in total. The quantitative estimate of drug-likeness (QED) is 0.625. The second-order valence-electron chi connectivity index (χ2n) is 6.15. The van der Waals surface area contributed by atoms with Crippen LogP contribution in [0.3, 0.4) is 0 Å². The lowest BCUT2D eigenvalue weighted by atomic mass is 9.80. The molecular weight excluding hydrogens is 302 g/mol. The van der Waals surface area contributed by atoms with E-state index in [0.717, 1.165) is 11.1 Å². The number of fused-ring (bicyclic) bond motifs is 1. The van der Waals surface area contributed by atoms with Crippen LogP contribution in [0.2, 0.25) is 0 Å². The first-order valence-corrected chi connectivity index (χ1v) is 8.78. The van der Waals surface area contributed by atoms with Crippen LogP contribution in [0.15, 0.2) is 22.0 Å². The second kappa shape index (κ2) is 5.39. The number of hydrogen-bond donors (Lipinski definition) is 2. The second-order valence-corrected chi connectivity index (χ2v) is 8.23. The molecule has 4 N–H and O–H groups in total. The Morgan fingerprint density at radius 2 is 1.95 bits per heavy atom. The van der Waals surface area contributed by atoms with Crippen LogP contribution in [0.5, 0.6) is 0 Å². The average molecular weight is 323 g/mol. The number of aryl methyl sites for hydroxylation is 1. The molecule has 1 aromatic carbocycles. The number of nitrogens with two attached hydrogens (primary N) is 2. The normalized spacial score (nSPS) is 18.3. The zero-order valence-electron chi connectivity index (χ0n) is 13.0. The highest BCUT2D eigenvalue weighted by molar-refractivity contribution is 7.91. The molecule has 0 radical (unpaired) electrons. The fourth-order valence-electron chi connectivity index (χ4n) is 2.71. The molecule has 0 saturated heterocycles. The van der Waals surface area contributed by atoms with Crippen molar-refractivity contribution in [2.24, 2.45) is 16.5 Å². The Hall–Kier alpha value is -1.89. The summed E-state index contributed by atoms with van der Waals surface area (Å²) in [5.41, 5.74) is 12.0. The number of benzene rings is 1. The van der Waals surface area contributed by atoms with Crippen LogP contribution in [-0.4, -0.2) is 26.0 Å². The van der Waals surface area contributed by atoms with Crippen LogP contribution in [0.25, 0.3) is 0 Å². The van der Waals surface area contributed by atoms with Gasteiger partial charge in [-0.1, -0.05) is 26.8 Å². The average Bonchev–Trinajstić information content (AvgIpc) is 2.42. The van der Waals surface area contributed by atoms with Crippen molar-refractivity contribution in [1.82, 2.24) is 0 Å². The molecule has 120 valence electrons. The molecule has 22 heavy (non-hydrogen) atoms. The van der Waals surface area contributed by atoms with E-state index in [-0.39, 0.29) is 27.6 Å². The third kappa shape index (κ3) is 2.85. The van der Waals surface area contributed by atoms with Crippen molar-refractivity contribution < 1.29 is 13.2 Å². The summed E-state index contributed by atoms with van der Waals surface area (Å²) in [5.74, 6) is -0.875. The van der Waals surface area contributed by atoms with Gasteiger partial charge in [0, 0.05) is 5.56 Å². The summed E-state index contributed by atoms with van der Waals surface area (Å²) in [7, 11) is -3.39. The van der Waals surface area contributed by atoms with E-state index in [1.165, 1.54) is 6.07 Å². The minimum absolute atomic E-state index is 0.0778. The van der Waals surface area contributed by atoms with Crippen molar-refractivity contribution in [2.75, 3.05) is 5.75 Å². The lowest BCUT2D eigenvalue weighted by Crippen LogP contribution is -2.31. The van der Waals surface area contributed by atoms with Gasteiger partial charge < -0.3 is 11.5 Å². The van der Waals surface area contributed by atoms with Gasteiger partial charge in [-0.05, 0) is 35.4 Å². The Bertz CT molecular complexity index is 760. The molecule has 7 heteroatoms. The van der Waals surface area contributed by atoms with Gasteiger partial charge in [-0.25, -0.2) is 8.42 Å². The van der Waals surface area contributed by atoms with E-state index in [0.29, 0.717) is 12.8 Å². The van der Waals surface area contributed by atoms with Crippen molar-refractivity contribution in [2.45, 2.75) is 43.9 Å². The van der Waals surface area contributed by atoms with Gasteiger partial charge in [0.1, 0.15) is 0 Å². The molecule has 1 aromatic rings. The number of aliphatic imine (C=N–C) groups is 1. The topological polar surface area (TPSA) is 116 Å². The van der Waals surface area contributed by atoms with Crippen LogP contribution in [-0.2, 0) is 21.7 Å². The van der Waals surface area contributed by atoms with Gasteiger partial charge in [-0.2, -0.15) is 4.99 Å². The van der Waals surface area contributed by atoms with Crippen LogP contribution in [0.4, 0.5) is 0 Å². The number of nitrogens with zero attached hydrogens (tertiary/aromatic N) is 1. The molecule has 0 atom stereocenters. The minimum Gasteiger partial charge on any atom is -0.370 e. The molecule has 2 rings (SSSR count). The van der Waals surface area contributed by atoms with Gasteiger partial charge in [0.2, 0.25) is 0 Å². The zero-order valence-corrected chi connectivity index (χ0v) is 13.8. The van der Waals surface area contributed by atoms with Crippen molar-refractivity contribution in [1.29, 1.82) is 0 Å². The number of carbonyl (C=O) groups is 1. The summed E-state index contributed by atoms with van der Waals surface area (Å²) in [6.45, 7) is 5.92. The predicted octanol–water partition coefficient (Wildman–Crippen LogP) is 1.12. The molecule has 0 aliphatic carbocycles. The molecule has 1 aliphatic rings. The van der Waals surface area contributed by atoms with Crippen molar-refractivity contribution in [3.63, 3.8) is 0 Å². The lowest BCUT2D eigenvalue weighted by Gasteiger charge is -2.33. The highest BCUT2D eigenvalue weighted by Gasteiger charge is 2.36. The Morgan fingerprint density at radius 3 is 2.50 bits per heavy atom. The number of amides is 1. The first-order valence-electron chi connectivity index (χ1n) is 7.12. The Kier molecular flexibility index (Phi) is 4.04. The molecule has 0 aromatic heterocycles. The number of hydrogen-bond acceptors (Lipinski definition) is 3. The first-order chi connectivity index (χ1) is 10.1. The Balaban J connectivity index is 2.75. The SMILES string of the molecule is CCc1cc2c(cc1C(=O)N=C(N)N)S(=O)(=O)CCC2(C)C. The molecule has 1 aliphatic heterocycles. The smallest absolute Gasteiger partial charge is 0.280 e. The highest BCUT2D eigenvalue weighted by Crippen LogP contribution is 2.39. The van der Waals surface area contributed by atoms with Crippen LogP contribution >= 0.6 is 0 Å². The van der Waals surface area contributed by atoms with E-state index < -0.39 is 15.7 Å². The standard InChI is InChI=1S/C15H21N3O3S/c1-4-9-7-11-12(8-10(9)13(19)18-14(16)17)22(20,21)6-5-15(11,2)3/h7-8H,4-6H2,1-3H3,(H4,16,17,18,19). The summed E-state index contributed by atoms with van der Waals surface area (Å²) in [5, 5.41) is 0. The van der Waals surface area contributed by atoms with Gasteiger partial charge in [0.05, 0.1) is 10.6 Å². The predicted molar refractivity (Wildman–Crippen MR) is 85.7 cm³/mol. The van der Waals surface area contributed by atoms with Gasteiger partial charge >= 0.3 is 0 Å². The third-order valence-electron chi connectivity index (χ3n) is 4.11. The van der Waals surface area contributed by atoms with E-state index in [2.05, 4.69) is 4.99 Å². The summed E-state index contributed by atoms with van der Waals surface area (Å²) in [6.07, 6.45) is 1.15. The Labute approximate surface area is 130 Å². The zero-order chi connectivity index (χ0) is 16.7. The number of rotatable bonds is 2. The third-order valence-corrected chi connectivity index (χ3v) is 5.86. The lowest BCUT2D eigenvalue weighted by molar-refractivity contribution is 0.100. The van der Waals surface area contributed by atoms with Crippen LogP contribution in [0, 0.1) is 0 Å². The molecule has 0 spiro atoms. The van der Waals surface area contributed by atoms with Crippen molar-refractivity contribution >= 4 is 21.7 Å². The van der Waals surface area contributed by atoms with E-state index in [1.807, 2.05) is 26.8 Å². The van der Waals surface area contributed by atoms with E-state index in [4.69, 9.17) is 11.5 Å². The molecule has 0 bridgehead atoms. The molecule has 0 saturated carbocycles. The van der Waals surface area contributed by atoms with E-state index in [1.54, 1.807) is 0 Å². The minimum atomic E-state index is -3.39. The largest absolute Gasteiger partial charge is 0.370 e. The first kappa shape index (κ1) is 16.5. The van der Waals surface area contributed by atoms with Crippen LogP contribution < -0.4 is 11.5 Å². The van der Waals surface area contributed by atoms with Gasteiger partial charge in [0.15, 0.2) is 15.8 Å². The summed E-state index contributed by atoms with van der Waals surface area (Å²) in [6, 6.07) is 3.24. The van der Waals surface area contributed by atoms with Crippen molar-refractivity contribution in [3.05, 3.63) is 28.8 Å². The van der Waals surface area contributed by atoms with Gasteiger partial charge in [0.25, 0.3) is 5.91 Å². The summed E-state index contributed by atoms with van der Waals surface area (Å²) in [4.78, 5) is 15.9. The number of sulfone groups is 1. The molecule has 1 amide bonds. The number of carbonyl (C=O) groups excluding carboxylic acids is 1. The molecular formula is C15H21N3O3S. The maximum absolute atomic E-state index is 12.4. The Morgan fingerprint density at radius 1 is 1.32 bits per heavy atom. The number of guanidine groups is 1. The van der Waals surface area contributed by atoms with E-state index in [9.17, 15) is 13.2 Å². The van der Waals surface area contributed by atoms with Gasteiger partial charge in [-0.15, -0.1) is 0 Å². The maximum atomic E-state index is 12.4.